The van der Waals surface area contributed by atoms with Gasteiger partial charge in [-0.15, -0.1) is 0 Å². The molecule has 7 heteroatoms. The van der Waals surface area contributed by atoms with Crippen LogP contribution in [0.4, 0.5) is 5.69 Å². The minimum absolute atomic E-state index is 0.313. The smallest absolute Gasteiger partial charge is 0.267 e. The summed E-state index contributed by atoms with van der Waals surface area (Å²) in [4.78, 5) is 38.0. The number of carbonyl (C=O) groups excluding carboxylic acids is 3. The molecule has 3 aromatic carbocycles. The summed E-state index contributed by atoms with van der Waals surface area (Å²) in [6, 6.07) is 24.4. The number of hydrogen-bond donors (Lipinski definition) is 3. The number of hydrogen-bond acceptors (Lipinski definition) is 4. The number of carbonyl (C=O) groups is 3. The highest BCUT2D eigenvalue weighted by Gasteiger charge is 2.28. The highest BCUT2D eigenvalue weighted by molar-refractivity contribution is 5.93. The van der Waals surface area contributed by atoms with E-state index in [1.54, 1.807) is 48.5 Å². The molecule has 0 radical (unpaired) electrons. The summed E-state index contributed by atoms with van der Waals surface area (Å²) in [6.07, 6.45) is 3.30. The Hall–Kier alpha value is -4.23. The number of nitrogens with one attached hydrogen (secondary N) is 2. The lowest BCUT2D eigenvalue weighted by molar-refractivity contribution is -0.124. The third kappa shape index (κ3) is 5.90. The average Bonchev–Trinajstić information content (AvgIpc) is 2.85. The van der Waals surface area contributed by atoms with Crippen LogP contribution in [0, 0.1) is 0 Å². The summed E-state index contributed by atoms with van der Waals surface area (Å²) < 4.78 is 0. The van der Waals surface area contributed by atoms with Crippen molar-refractivity contribution in [3.05, 3.63) is 108 Å². The fraction of sp³-hybridized carbons (Fsp3) is 0.0800. The number of nitrogens with zero attached hydrogens (tertiary/aromatic N) is 1. The second-order valence-electron chi connectivity index (χ2n) is 6.93. The minimum Gasteiger partial charge on any atom is -0.350 e. The molecule has 0 spiro atoms. The van der Waals surface area contributed by atoms with E-state index in [1.165, 1.54) is 16.5 Å². The molecule has 0 fully saturated rings. The van der Waals surface area contributed by atoms with Crippen LogP contribution in [-0.2, 0) is 20.9 Å². The van der Waals surface area contributed by atoms with Crippen LogP contribution in [-0.4, -0.2) is 23.4 Å². The summed E-state index contributed by atoms with van der Waals surface area (Å²) in [7, 11) is 0. The van der Waals surface area contributed by atoms with Crippen molar-refractivity contribution < 1.29 is 19.6 Å². The molecular formula is C25H23N3O4. The molecule has 0 saturated carbocycles. The molecule has 3 aromatic rings. The van der Waals surface area contributed by atoms with Gasteiger partial charge >= 0.3 is 0 Å². The largest absolute Gasteiger partial charge is 0.350 e. The molecule has 0 saturated heterocycles. The summed E-state index contributed by atoms with van der Waals surface area (Å²) in [5, 5.41) is 11.6. The first-order valence-electron chi connectivity index (χ1n) is 9.95. The highest BCUT2D eigenvalue weighted by atomic mass is 16.5. The molecule has 0 aliphatic rings. The van der Waals surface area contributed by atoms with Gasteiger partial charge in [-0.2, -0.15) is 0 Å². The first-order valence-corrected chi connectivity index (χ1v) is 9.95. The van der Waals surface area contributed by atoms with E-state index in [4.69, 9.17) is 5.21 Å². The minimum atomic E-state index is -0.932. The van der Waals surface area contributed by atoms with Crippen molar-refractivity contribution in [3.8, 4) is 0 Å². The zero-order valence-corrected chi connectivity index (χ0v) is 17.2. The second kappa shape index (κ2) is 11.2. The van der Waals surface area contributed by atoms with E-state index < -0.39 is 11.9 Å². The lowest BCUT2D eigenvalue weighted by Crippen LogP contribution is -2.40. The van der Waals surface area contributed by atoms with Crippen LogP contribution in [0.2, 0.25) is 0 Å². The fourth-order valence-electron chi connectivity index (χ4n) is 3.23. The topological polar surface area (TPSA) is 98.7 Å². The summed E-state index contributed by atoms with van der Waals surface area (Å²) in [6.45, 7) is 0.313. The van der Waals surface area contributed by atoms with Crippen molar-refractivity contribution in [2.45, 2.75) is 12.6 Å². The molecule has 1 atom stereocenters. The summed E-state index contributed by atoms with van der Waals surface area (Å²) >= 11 is 0. The van der Waals surface area contributed by atoms with Gasteiger partial charge in [0.25, 0.3) is 5.91 Å². The Morgan fingerprint density at radius 1 is 0.938 bits per heavy atom. The first kappa shape index (κ1) is 22.5. The van der Waals surface area contributed by atoms with Crippen LogP contribution in [0.25, 0.3) is 6.08 Å². The number of rotatable bonds is 9. The maximum atomic E-state index is 13.3. The Morgan fingerprint density at radius 2 is 1.62 bits per heavy atom. The van der Waals surface area contributed by atoms with Crippen LogP contribution >= 0.6 is 0 Å². The average molecular weight is 429 g/mol. The Kier molecular flexibility index (Phi) is 7.89. The van der Waals surface area contributed by atoms with Gasteiger partial charge in [0.1, 0.15) is 6.04 Å². The predicted molar refractivity (Wildman–Crippen MR) is 121 cm³/mol. The lowest BCUT2D eigenvalue weighted by atomic mass is 10.0. The molecule has 3 N–H and O–H groups in total. The Labute approximate surface area is 186 Å². The zero-order chi connectivity index (χ0) is 22.8. The molecule has 0 aromatic heterocycles. The van der Waals surface area contributed by atoms with E-state index in [1.807, 2.05) is 36.4 Å². The zero-order valence-electron chi connectivity index (χ0n) is 17.2. The number of anilines is 1. The van der Waals surface area contributed by atoms with Gasteiger partial charge in [0.15, 0.2) is 0 Å². The molecule has 0 aliphatic carbocycles. The van der Waals surface area contributed by atoms with Crippen molar-refractivity contribution in [3.63, 3.8) is 0 Å². The Bertz CT molecular complexity index is 1080. The van der Waals surface area contributed by atoms with Crippen molar-refractivity contribution in [1.29, 1.82) is 0 Å². The molecule has 0 aliphatic heterocycles. The van der Waals surface area contributed by atoms with Crippen molar-refractivity contribution in [2.75, 3.05) is 4.90 Å². The van der Waals surface area contributed by atoms with Crippen molar-refractivity contribution in [2.24, 2.45) is 0 Å². The van der Waals surface area contributed by atoms with Crippen LogP contribution in [0.3, 0.4) is 0 Å². The van der Waals surface area contributed by atoms with Crippen LogP contribution in [0.15, 0.2) is 91.0 Å². The maximum absolute atomic E-state index is 13.3. The van der Waals surface area contributed by atoms with Crippen LogP contribution in [0.5, 0.6) is 0 Å². The number of amides is 3. The SMILES string of the molecule is O=CN(c1ccccc1)C(C(=O)NCc1ccccc1)c1cccc(C=CC(=O)NO)c1. The van der Waals surface area contributed by atoms with E-state index >= 15 is 0 Å². The normalized spacial score (nSPS) is 11.5. The van der Waals surface area contributed by atoms with Gasteiger partial charge in [-0.1, -0.05) is 66.7 Å². The fourth-order valence-corrected chi connectivity index (χ4v) is 3.23. The number of hydroxylamine groups is 1. The molecule has 162 valence electrons. The molecule has 32 heavy (non-hydrogen) atoms. The molecule has 7 nitrogen and oxygen atoms in total. The van der Waals surface area contributed by atoms with Crippen molar-refractivity contribution in [1.82, 2.24) is 10.8 Å². The molecule has 0 heterocycles. The van der Waals surface area contributed by atoms with E-state index in [0.29, 0.717) is 29.8 Å². The van der Waals surface area contributed by atoms with Gasteiger partial charge in [-0.05, 0) is 41.0 Å². The summed E-state index contributed by atoms with van der Waals surface area (Å²) in [5.41, 5.74) is 4.23. The van der Waals surface area contributed by atoms with Crippen LogP contribution in [0.1, 0.15) is 22.7 Å². The monoisotopic (exact) mass is 429 g/mol. The third-order valence-corrected chi connectivity index (χ3v) is 4.77. The van der Waals surface area contributed by atoms with Crippen LogP contribution < -0.4 is 15.7 Å². The maximum Gasteiger partial charge on any atom is 0.267 e. The van der Waals surface area contributed by atoms with Gasteiger partial charge in [-0.25, -0.2) is 5.48 Å². The van der Waals surface area contributed by atoms with E-state index in [9.17, 15) is 14.4 Å². The molecule has 1 unspecified atom stereocenters. The quantitative estimate of drug-likeness (QED) is 0.211. The molecule has 0 bridgehead atoms. The summed E-state index contributed by atoms with van der Waals surface area (Å²) in [5.74, 6) is -1.02. The highest BCUT2D eigenvalue weighted by Crippen LogP contribution is 2.27. The molecule has 3 rings (SSSR count). The van der Waals surface area contributed by atoms with Gasteiger partial charge < -0.3 is 5.32 Å². The van der Waals surface area contributed by atoms with Gasteiger partial charge in [0.05, 0.1) is 0 Å². The van der Waals surface area contributed by atoms with Gasteiger partial charge in [0.2, 0.25) is 12.3 Å². The molecule has 3 amide bonds. The standard InChI is InChI=1S/C25H23N3O4/c29-18-28(22-12-5-2-6-13-22)24(25(31)26-17-20-8-3-1-4-9-20)21-11-7-10-19(16-21)14-15-23(30)27-32/h1-16,18,24,32H,17H2,(H,26,31)(H,27,30). The third-order valence-electron chi connectivity index (χ3n) is 4.77. The van der Waals surface area contributed by atoms with Gasteiger partial charge in [-0.3, -0.25) is 24.5 Å². The predicted octanol–water partition coefficient (Wildman–Crippen LogP) is 3.23. The Balaban J connectivity index is 1.94. The second-order valence-corrected chi connectivity index (χ2v) is 6.93. The first-order chi connectivity index (χ1) is 15.6. The van der Waals surface area contributed by atoms with E-state index in [2.05, 4.69) is 5.32 Å². The van der Waals surface area contributed by atoms with E-state index in [-0.39, 0.29) is 5.91 Å². The Morgan fingerprint density at radius 3 is 2.28 bits per heavy atom. The van der Waals surface area contributed by atoms with E-state index in [0.717, 1.165) is 11.6 Å². The number of para-hydroxylation sites is 1. The van der Waals surface area contributed by atoms with Crippen molar-refractivity contribution >= 4 is 30.0 Å². The number of benzene rings is 3. The lowest BCUT2D eigenvalue weighted by Gasteiger charge is -2.28. The molecular weight excluding hydrogens is 406 g/mol. The van der Waals surface area contributed by atoms with Gasteiger partial charge in [0, 0.05) is 18.3 Å².